The van der Waals surface area contributed by atoms with Crippen molar-refractivity contribution in [2.45, 2.75) is 52.1 Å². The average Bonchev–Trinajstić information content (AvgIpc) is 2.76. The second-order valence-corrected chi connectivity index (χ2v) is 5.50. The average molecular weight is 275 g/mol. The van der Waals surface area contributed by atoms with Gasteiger partial charge in [0.15, 0.2) is 6.10 Å². The maximum atomic E-state index is 12.4. The van der Waals surface area contributed by atoms with Crippen LogP contribution in [-0.4, -0.2) is 30.0 Å². The summed E-state index contributed by atoms with van der Waals surface area (Å²) in [6.45, 7) is 5.73. The van der Waals surface area contributed by atoms with Gasteiger partial charge in [-0.05, 0) is 43.9 Å². The first-order valence-electron chi connectivity index (χ1n) is 7.75. The Morgan fingerprint density at radius 3 is 2.30 bits per heavy atom. The van der Waals surface area contributed by atoms with E-state index in [1.807, 2.05) is 24.0 Å². The quantitative estimate of drug-likeness (QED) is 0.842. The lowest BCUT2D eigenvalue weighted by Gasteiger charge is -2.24. The molecule has 20 heavy (non-hydrogen) atoms. The molecule has 1 heterocycles. The molecule has 1 aliphatic rings. The highest BCUT2D eigenvalue weighted by atomic mass is 16.5. The first-order valence-corrected chi connectivity index (χ1v) is 7.75. The maximum Gasteiger partial charge on any atom is 0.263 e. The fourth-order valence-corrected chi connectivity index (χ4v) is 2.61. The van der Waals surface area contributed by atoms with Crippen LogP contribution < -0.4 is 4.74 Å². The summed E-state index contributed by atoms with van der Waals surface area (Å²) in [6.07, 6.45) is 5.31. The predicted octanol–water partition coefficient (Wildman–Crippen LogP) is 3.42. The summed E-state index contributed by atoms with van der Waals surface area (Å²) >= 11 is 0. The Kier molecular flexibility index (Phi) is 5.45. The molecule has 1 amide bonds. The molecule has 1 aliphatic heterocycles. The normalized spacial score (nSPS) is 17.4. The third-order valence-electron chi connectivity index (χ3n) is 3.91. The molecule has 1 aromatic rings. The number of benzene rings is 1. The zero-order valence-corrected chi connectivity index (χ0v) is 12.6. The topological polar surface area (TPSA) is 29.5 Å². The van der Waals surface area contributed by atoms with Crippen molar-refractivity contribution >= 4 is 5.91 Å². The van der Waals surface area contributed by atoms with E-state index in [-0.39, 0.29) is 5.91 Å². The molecule has 0 N–H and O–H groups in total. The van der Waals surface area contributed by atoms with Crippen molar-refractivity contribution in [3.05, 3.63) is 29.8 Å². The Labute approximate surface area is 121 Å². The maximum absolute atomic E-state index is 12.4. The van der Waals surface area contributed by atoms with Gasteiger partial charge in [0.05, 0.1) is 0 Å². The second kappa shape index (κ2) is 7.32. The van der Waals surface area contributed by atoms with Crippen LogP contribution in [0.5, 0.6) is 5.75 Å². The van der Waals surface area contributed by atoms with Gasteiger partial charge in [-0.15, -0.1) is 0 Å². The molecular formula is C17H25NO2. The third kappa shape index (κ3) is 3.99. The Morgan fingerprint density at radius 1 is 1.15 bits per heavy atom. The van der Waals surface area contributed by atoms with Crippen LogP contribution in [0, 0.1) is 0 Å². The molecule has 0 spiro atoms. The number of hydrogen-bond donors (Lipinski definition) is 0. The molecule has 3 nitrogen and oxygen atoms in total. The second-order valence-electron chi connectivity index (χ2n) is 5.50. The van der Waals surface area contributed by atoms with Crippen molar-refractivity contribution in [1.29, 1.82) is 0 Å². The summed E-state index contributed by atoms with van der Waals surface area (Å²) in [4.78, 5) is 14.3. The molecule has 0 radical (unpaired) electrons. The molecule has 1 atom stereocenters. The monoisotopic (exact) mass is 275 g/mol. The molecule has 2 rings (SSSR count). The number of nitrogens with zero attached hydrogens (tertiary/aromatic N) is 1. The van der Waals surface area contributed by atoms with Gasteiger partial charge in [-0.25, -0.2) is 0 Å². The summed E-state index contributed by atoms with van der Waals surface area (Å²) in [6, 6.07) is 8.01. The molecular weight excluding hydrogens is 250 g/mol. The van der Waals surface area contributed by atoms with Crippen LogP contribution in [0.1, 0.15) is 45.1 Å². The number of hydrogen-bond acceptors (Lipinski definition) is 2. The highest BCUT2D eigenvalue weighted by Gasteiger charge is 2.22. The molecule has 0 aliphatic carbocycles. The van der Waals surface area contributed by atoms with E-state index >= 15 is 0 Å². The van der Waals surface area contributed by atoms with Crippen molar-refractivity contribution in [2.24, 2.45) is 0 Å². The molecule has 0 bridgehead atoms. The van der Waals surface area contributed by atoms with E-state index in [1.54, 1.807) is 0 Å². The number of carbonyl (C=O) groups is 1. The number of ether oxygens (including phenoxy) is 1. The first-order chi connectivity index (χ1) is 9.70. The smallest absolute Gasteiger partial charge is 0.263 e. The Morgan fingerprint density at radius 2 is 1.75 bits per heavy atom. The van der Waals surface area contributed by atoms with Crippen molar-refractivity contribution in [3.8, 4) is 5.75 Å². The van der Waals surface area contributed by atoms with Crippen LogP contribution in [0.4, 0.5) is 0 Å². The number of rotatable bonds is 4. The van der Waals surface area contributed by atoms with E-state index in [1.165, 1.54) is 18.4 Å². The van der Waals surface area contributed by atoms with Gasteiger partial charge in [0.2, 0.25) is 0 Å². The van der Waals surface area contributed by atoms with E-state index in [0.29, 0.717) is 0 Å². The van der Waals surface area contributed by atoms with Crippen LogP contribution in [0.15, 0.2) is 24.3 Å². The molecule has 3 heteroatoms. The van der Waals surface area contributed by atoms with E-state index in [2.05, 4.69) is 19.1 Å². The van der Waals surface area contributed by atoms with Gasteiger partial charge in [-0.1, -0.05) is 31.9 Å². The van der Waals surface area contributed by atoms with Gasteiger partial charge >= 0.3 is 0 Å². The third-order valence-corrected chi connectivity index (χ3v) is 3.91. The minimum absolute atomic E-state index is 0.117. The zero-order valence-electron chi connectivity index (χ0n) is 12.6. The Bertz CT molecular complexity index is 419. The summed E-state index contributed by atoms with van der Waals surface area (Å²) < 4.78 is 5.78. The van der Waals surface area contributed by atoms with Crippen LogP contribution in [0.3, 0.4) is 0 Å². The van der Waals surface area contributed by atoms with Crippen molar-refractivity contribution in [3.63, 3.8) is 0 Å². The van der Waals surface area contributed by atoms with Gasteiger partial charge in [-0.3, -0.25) is 4.79 Å². The van der Waals surface area contributed by atoms with E-state index < -0.39 is 6.10 Å². The largest absolute Gasteiger partial charge is 0.481 e. The van der Waals surface area contributed by atoms with Crippen molar-refractivity contribution in [2.75, 3.05) is 13.1 Å². The molecule has 1 fully saturated rings. The van der Waals surface area contributed by atoms with Crippen LogP contribution in [0.2, 0.25) is 0 Å². The fraction of sp³-hybridized carbons (Fsp3) is 0.588. The lowest BCUT2D eigenvalue weighted by Crippen LogP contribution is -2.40. The van der Waals surface area contributed by atoms with Crippen molar-refractivity contribution in [1.82, 2.24) is 4.90 Å². The lowest BCUT2D eigenvalue weighted by atomic mass is 10.2. The van der Waals surface area contributed by atoms with Gasteiger partial charge in [0.1, 0.15) is 5.75 Å². The number of aryl methyl sites for hydroxylation is 1. The van der Waals surface area contributed by atoms with Crippen molar-refractivity contribution < 1.29 is 9.53 Å². The van der Waals surface area contributed by atoms with E-state index in [9.17, 15) is 4.79 Å². The zero-order chi connectivity index (χ0) is 14.4. The Balaban J connectivity index is 1.92. The standard InChI is InChI=1S/C17H25NO2/c1-3-15-8-10-16(11-9-15)20-14(2)17(19)18-12-6-4-5-7-13-18/h8-11,14H,3-7,12-13H2,1-2H3. The van der Waals surface area contributed by atoms with Crippen LogP contribution >= 0.6 is 0 Å². The number of carbonyl (C=O) groups excluding carboxylic acids is 1. The molecule has 0 aromatic heterocycles. The fourth-order valence-electron chi connectivity index (χ4n) is 2.61. The SMILES string of the molecule is CCc1ccc(OC(C)C(=O)N2CCCCCC2)cc1. The molecule has 0 saturated carbocycles. The number of likely N-dealkylation sites (tertiary alicyclic amines) is 1. The minimum atomic E-state index is -0.402. The van der Waals surface area contributed by atoms with Gasteiger partial charge in [-0.2, -0.15) is 0 Å². The van der Waals surface area contributed by atoms with Gasteiger partial charge in [0, 0.05) is 13.1 Å². The van der Waals surface area contributed by atoms with E-state index in [4.69, 9.17) is 4.74 Å². The Hall–Kier alpha value is -1.51. The summed E-state index contributed by atoms with van der Waals surface area (Å²) in [5.41, 5.74) is 1.28. The number of amides is 1. The summed E-state index contributed by atoms with van der Waals surface area (Å²) in [5.74, 6) is 0.893. The molecule has 1 saturated heterocycles. The summed E-state index contributed by atoms with van der Waals surface area (Å²) in [5, 5.41) is 0. The first kappa shape index (κ1) is 14.9. The van der Waals surface area contributed by atoms with E-state index in [0.717, 1.165) is 38.1 Å². The highest BCUT2D eigenvalue weighted by molar-refractivity contribution is 5.80. The predicted molar refractivity (Wildman–Crippen MR) is 81.0 cm³/mol. The molecule has 110 valence electrons. The van der Waals surface area contributed by atoms with Gasteiger partial charge < -0.3 is 9.64 Å². The van der Waals surface area contributed by atoms with Crippen LogP contribution in [-0.2, 0) is 11.2 Å². The van der Waals surface area contributed by atoms with Gasteiger partial charge in [0.25, 0.3) is 5.91 Å². The molecule has 1 aromatic carbocycles. The lowest BCUT2D eigenvalue weighted by molar-refractivity contribution is -0.137. The molecule has 1 unspecified atom stereocenters. The minimum Gasteiger partial charge on any atom is -0.481 e. The highest BCUT2D eigenvalue weighted by Crippen LogP contribution is 2.16. The summed E-state index contributed by atoms with van der Waals surface area (Å²) in [7, 11) is 0. The van der Waals surface area contributed by atoms with Crippen LogP contribution in [0.25, 0.3) is 0 Å².